The van der Waals surface area contributed by atoms with Crippen molar-refractivity contribution in [3.63, 3.8) is 0 Å². The first-order valence-electron chi connectivity index (χ1n) is 8.93. The van der Waals surface area contributed by atoms with Gasteiger partial charge in [-0.15, -0.1) is 0 Å². The van der Waals surface area contributed by atoms with E-state index in [4.69, 9.17) is 21.1 Å². The van der Waals surface area contributed by atoms with E-state index in [1.165, 1.54) is 14.2 Å². The Labute approximate surface area is 173 Å². The summed E-state index contributed by atoms with van der Waals surface area (Å²) in [6, 6.07) is 17.7. The van der Waals surface area contributed by atoms with Gasteiger partial charge in [-0.25, -0.2) is 0 Å². The van der Waals surface area contributed by atoms with E-state index < -0.39 is 6.17 Å². The highest BCUT2D eigenvalue weighted by molar-refractivity contribution is 6.30. The smallest absolute Gasteiger partial charge is 0.262 e. The van der Waals surface area contributed by atoms with Crippen molar-refractivity contribution in [2.24, 2.45) is 0 Å². The first-order valence-corrected chi connectivity index (χ1v) is 9.31. The maximum Gasteiger partial charge on any atom is 0.262 e. The predicted octanol–water partition coefficient (Wildman–Crippen LogP) is 4.83. The van der Waals surface area contributed by atoms with Gasteiger partial charge in [0.1, 0.15) is 6.17 Å². The van der Waals surface area contributed by atoms with E-state index in [1.807, 2.05) is 18.2 Å². The zero-order valence-electron chi connectivity index (χ0n) is 15.8. The summed E-state index contributed by atoms with van der Waals surface area (Å²) in [4.78, 5) is 15.0. The summed E-state index contributed by atoms with van der Waals surface area (Å²) >= 11 is 6.04. The molecule has 1 heterocycles. The van der Waals surface area contributed by atoms with Crippen LogP contribution in [0.5, 0.6) is 17.2 Å². The van der Waals surface area contributed by atoms with Gasteiger partial charge in [0.25, 0.3) is 5.91 Å². The van der Waals surface area contributed by atoms with Crippen LogP contribution < -0.4 is 19.7 Å². The highest BCUT2D eigenvalue weighted by Gasteiger charge is 2.35. The number of anilines is 2. The van der Waals surface area contributed by atoms with Crippen molar-refractivity contribution in [1.82, 2.24) is 0 Å². The van der Waals surface area contributed by atoms with E-state index in [0.717, 1.165) is 5.69 Å². The van der Waals surface area contributed by atoms with E-state index in [0.29, 0.717) is 21.8 Å². The molecule has 148 valence electrons. The number of ether oxygens (including phenoxy) is 2. The van der Waals surface area contributed by atoms with Crippen molar-refractivity contribution in [2.75, 3.05) is 24.4 Å². The monoisotopic (exact) mass is 410 g/mol. The van der Waals surface area contributed by atoms with Gasteiger partial charge in [0.05, 0.1) is 19.8 Å². The zero-order valence-corrected chi connectivity index (χ0v) is 16.6. The summed E-state index contributed by atoms with van der Waals surface area (Å²) in [6.45, 7) is 0. The fourth-order valence-corrected chi connectivity index (χ4v) is 3.55. The van der Waals surface area contributed by atoms with E-state index in [2.05, 4.69) is 5.32 Å². The molecule has 7 heteroatoms. The van der Waals surface area contributed by atoms with Crippen LogP contribution in [-0.4, -0.2) is 25.2 Å². The lowest BCUT2D eigenvalue weighted by Gasteiger charge is -2.38. The molecule has 3 aromatic rings. The first-order chi connectivity index (χ1) is 14.0. The quantitative estimate of drug-likeness (QED) is 0.644. The molecule has 1 aliphatic rings. The molecule has 0 fully saturated rings. The molecule has 1 aliphatic heterocycles. The number of phenols is 1. The van der Waals surface area contributed by atoms with Gasteiger partial charge >= 0.3 is 0 Å². The lowest BCUT2D eigenvalue weighted by atomic mass is 10.0. The minimum atomic E-state index is -0.554. The number of nitrogens with zero attached hydrogens (tertiary/aromatic N) is 1. The number of rotatable bonds is 4. The number of hydrogen-bond acceptors (Lipinski definition) is 5. The SMILES string of the molecule is COc1cc([C@@H]2Nc3ccccc3C(=O)N2c2ccc(Cl)cc2)cc(OC)c1O. The van der Waals surface area contributed by atoms with Crippen LogP contribution >= 0.6 is 11.6 Å². The molecule has 0 unspecified atom stereocenters. The number of phenolic OH excluding ortho intramolecular Hbond substituents is 1. The Morgan fingerprint density at radius 1 is 1.00 bits per heavy atom. The number of benzene rings is 3. The Balaban J connectivity index is 1.89. The minimum absolute atomic E-state index is 0.0978. The second-order valence-electron chi connectivity index (χ2n) is 6.52. The highest BCUT2D eigenvalue weighted by Crippen LogP contribution is 2.43. The zero-order chi connectivity index (χ0) is 20.5. The largest absolute Gasteiger partial charge is 0.502 e. The van der Waals surface area contributed by atoms with E-state index >= 15 is 0 Å². The number of aromatic hydroxyl groups is 1. The van der Waals surface area contributed by atoms with Crippen LogP contribution in [0.1, 0.15) is 22.1 Å². The molecule has 1 amide bonds. The topological polar surface area (TPSA) is 71.0 Å². The average Bonchev–Trinajstić information content (AvgIpc) is 2.75. The van der Waals surface area contributed by atoms with E-state index in [-0.39, 0.29) is 23.2 Å². The Hall–Kier alpha value is -3.38. The molecule has 1 atom stereocenters. The summed E-state index contributed by atoms with van der Waals surface area (Å²) in [5.41, 5.74) is 2.65. The molecule has 0 aliphatic carbocycles. The number of carbonyl (C=O) groups is 1. The lowest BCUT2D eigenvalue weighted by Crippen LogP contribution is -2.43. The third-order valence-electron chi connectivity index (χ3n) is 4.85. The highest BCUT2D eigenvalue weighted by atomic mass is 35.5. The number of nitrogens with one attached hydrogen (secondary N) is 1. The Bertz CT molecular complexity index is 1040. The van der Waals surface area contributed by atoms with Gasteiger partial charge in [0, 0.05) is 22.0 Å². The van der Waals surface area contributed by atoms with Gasteiger partial charge in [-0.3, -0.25) is 9.69 Å². The number of carbonyl (C=O) groups excluding carboxylic acids is 1. The van der Waals surface area contributed by atoms with E-state index in [1.54, 1.807) is 47.4 Å². The number of halogens is 1. The molecule has 3 aromatic carbocycles. The normalized spacial score (nSPS) is 15.5. The second-order valence-corrected chi connectivity index (χ2v) is 6.95. The van der Waals surface area contributed by atoms with Gasteiger partial charge in [-0.1, -0.05) is 23.7 Å². The maximum atomic E-state index is 13.4. The Kier molecular flexibility index (Phi) is 4.94. The fraction of sp³-hybridized carbons (Fsp3) is 0.136. The van der Waals surface area contributed by atoms with Gasteiger partial charge in [-0.2, -0.15) is 0 Å². The van der Waals surface area contributed by atoms with Crippen molar-refractivity contribution in [1.29, 1.82) is 0 Å². The molecule has 29 heavy (non-hydrogen) atoms. The van der Waals surface area contributed by atoms with E-state index in [9.17, 15) is 9.90 Å². The van der Waals surface area contributed by atoms with Crippen LogP contribution in [0.3, 0.4) is 0 Å². The average molecular weight is 411 g/mol. The number of hydrogen-bond donors (Lipinski definition) is 2. The summed E-state index contributed by atoms with van der Waals surface area (Å²) in [5, 5.41) is 14.3. The standard InChI is InChI=1S/C22H19ClN2O4/c1-28-18-11-13(12-19(29-2)20(18)26)21-24-17-6-4-3-5-16(17)22(27)25(21)15-9-7-14(23)8-10-15/h3-12,21,24,26H,1-2H3/t21-/m1/s1. The van der Waals surface area contributed by atoms with Gasteiger partial charge in [-0.05, 0) is 48.5 Å². The third kappa shape index (κ3) is 3.32. The second kappa shape index (κ2) is 7.56. The fourth-order valence-electron chi connectivity index (χ4n) is 3.43. The molecule has 0 saturated carbocycles. The number of para-hydroxylation sites is 1. The van der Waals surface area contributed by atoms with Crippen LogP contribution in [-0.2, 0) is 0 Å². The molecule has 0 spiro atoms. The lowest BCUT2D eigenvalue weighted by molar-refractivity contribution is 0.0975. The summed E-state index contributed by atoms with van der Waals surface area (Å²) in [6.07, 6.45) is -0.554. The molecular formula is C22H19ClN2O4. The molecule has 0 bridgehead atoms. The number of fused-ring (bicyclic) bond motifs is 1. The van der Waals surface area contributed by atoms with Crippen molar-refractivity contribution < 1.29 is 19.4 Å². The molecular weight excluding hydrogens is 392 g/mol. The first kappa shape index (κ1) is 19.0. The summed E-state index contributed by atoms with van der Waals surface area (Å²) < 4.78 is 10.6. The van der Waals surface area contributed by atoms with Crippen molar-refractivity contribution in [3.8, 4) is 17.2 Å². The summed E-state index contributed by atoms with van der Waals surface area (Å²) in [5.74, 6) is 0.254. The molecule has 6 nitrogen and oxygen atoms in total. The predicted molar refractivity (Wildman–Crippen MR) is 112 cm³/mol. The Morgan fingerprint density at radius 3 is 2.24 bits per heavy atom. The third-order valence-corrected chi connectivity index (χ3v) is 5.10. The van der Waals surface area contributed by atoms with Gasteiger partial charge in [0.2, 0.25) is 5.75 Å². The maximum absolute atomic E-state index is 13.4. The van der Waals surface area contributed by atoms with Gasteiger partial charge < -0.3 is 19.9 Å². The number of amides is 1. The number of methoxy groups -OCH3 is 2. The summed E-state index contributed by atoms with van der Waals surface area (Å²) in [7, 11) is 2.92. The minimum Gasteiger partial charge on any atom is -0.502 e. The van der Waals surface area contributed by atoms with Crippen molar-refractivity contribution in [3.05, 3.63) is 76.8 Å². The van der Waals surface area contributed by atoms with Crippen molar-refractivity contribution in [2.45, 2.75) is 6.17 Å². The molecule has 0 radical (unpaired) electrons. The Morgan fingerprint density at radius 2 is 1.62 bits per heavy atom. The molecule has 2 N–H and O–H groups in total. The molecule has 0 saturated heterocycles. The van der Waals surface area contributed by atoms with Crippen molar-refractivity contribution >= 4 is 28.9 Å². The van der Waals surface area contributed by atoms with Gasteiger partial charge in [0.15, 0.2) is 11.5 Å². The van der Waals surface area contributed by atoms with Crippen LogP contribution in [0.2, 0.25) is 5.02 Å². The molecule has 4 rings (SSSR count). The van der Waals surface area contributed by atoms with Crippen LogP contribution in [0.15, 0.2) is 60.7 Å². The van der Waals surface area contributed by atoms with Crippen LogP contribution in [0.25, 0.3) is 0 Å². The van der Waals surface area contributed by atoms with Crippen LogP contribution in [0.4, 0.5) is 11.4 Å². The molecule has 0 aromatic heterocycles. The van der Waals surface area contributed by atoms with Crippen LogP contribution in [0, 0.1) is 0 Å².